The molecule has 0 saturated carbocycles. The van der Waals surface area contributed by atoms with Gasteiger partial charge in [-0.3, -0.25) is 0 Å². The number of halogens is 1. The maximum absolute atomic E-state index is 13.2. The van der Waals surface area contributed by atoms with Gasteiger partial charge >= 0.3 is 6.03 Å². The van der Waals surface area contributed by atoms with Crippen molar-refractivity contribution in [2.45, 2.75) is 33.1 Å². The summed E-state index contributed by atoms with van der Waals surface area (Å²) in [5.74, 6) is -0.361. The molecule has 1 aromatic rings. The summed E-state index contributed by atoms with van der Waals surface area (Å²) in [5.41, 5.74) is 1.29. The van der Waals surface area contributed by atoms with Gasteiger partial charge in [-0.1, -0.05) is 13.0 Å². The highest BCUT2D eigenvalue weighted by molar-refractivity contribution is 5.90. The summed E-state index contributed by atoms with van der Waals surface area (Å²) in [6.45, 7) is 5.31. The van der Waals surface area contributed by atoms with Crippen LogP contribution >= 0.6 is 0 Å². The highest BCUT2D eigenvalue weighted by Crippen LogP contribution is 2.34. The number of amides is 2. The Labute approximate surface area is 125 Å². The Balaban J connectivity index is 1.98. The fraction of sp³-hybridized carbons (Fsp3) is 0.562. The summed E-state index contributed by atoms with van der Waals surface area (Å²) in [4.78, 5) is 14.0. The van der Waals surface area contributed by atoms with Crippen LogP contribution in [0.5, 0.6) is 0 Å². The second kappa shape index (κ2) is 6.43. The minimum Gasteiger partial charge on any atom is -0.396 e. The number of nitrogens with one attached hydrogen (secondary N) is 1. The first-order chi connectivity index (χ1) is 9.99. The van der Waals surface area contributed by atoms with E-state index in [0.717, 1.165) is 24.8 Å². The topological polar surface area (TPSA) is 52.6 Å². The summed E-state index contributed by atoms with van der Waals surface area (Å²) < 4.78 is 13.2. The van der Waals surface area contributed by atoms with Crippen molar-refractivity contribution in [3.8, 4) is 0 Å². The maximum Gasteiger partial charge on any atom is 0.321 e. The van der Waals surface area contributed by atoms with Crippen LogP contribution < -0.4 is 5.32 Å². The number of nitrogens with zero attached hydrogens (tertiary/aromatic N) is 1. The van der Waals surface area contributed by atoms with Gasteiger partial charge in [0.1, 0.15) is 5.82 Å². The number of rotatable bonds is 3. The van der Waals surface area contributed by atoms with Crippen LogP contribution in [0, 0.1) is 18.2 Å². The van der Waals surface area contributed by atoms with Crippen molar-refractivity contribution in [1.29, 1.82) is 0 Å². The van der Waals surface area contributed by atoms with Gasteiger partial charge in [-0.05, 0) is 49.3 Å². The lowest BCUT2D eigenvalue weighted by Crippen LogP contribution is -2.46. The van der Waals surface area contributed by atoms with Gasteiger partial charge in [0.25, 0.3) is 0 Å². The van der Waals surface area contributed by atoms with Gasteiger partial charge in [-0.2, -0.15) is 0 Å². The van der Waals surface area contributed by atoms with Crippen molar-refractivity contribution in [3.05, 3.63) is 29.6 Å². The molecule has 2 amide bonds. The average molecular weight is 294 g/mol. The van der Waals surface area contributed by atoms with E-state index in [1.165, 1.54) is 12.1 Å². The minimum absolute atomic E-state index is 0.0500. The van der Waals surface area contributed by atoms with Crippen LogP contribution in [0.1, 0.15) is 31.7 Å². The third kappa shape index (κ3) is 3.53. The van der Waals surface area contributed by atoms with Gasteiger partial charge < -0.3 is 15.3 Å². The lowest BCUT2D eigenvalue weighted by atomic mass is 9.77. The highest BCUT2D eigenvalue weighted by atomic mass is 19.1. The Morgan fingerprint density at radius 3 is 2.67 bits per heavy atom. The molecular formula is C16H23FN2O2. The van der Waals surface area contributed by atoms with Gasteiger partial charge in [0.05, 0.1) is 0 Å². The predicted molar refractivity (Wildman–Crippen MR) is 80.8 cm³/mol. The molecule has 0 radical (unpaired) electrons. The zero-order valence-electron chi connectivity index (χ0n) is 12.7. The summed E-state index contributed by atoms with van der Waals surface area (Å²) in [6.07, 6.45) is 2.52. The molecule has 1 aliphatic rings. The number of piperidine rings is 1. The zero-order chi connectivity index (χ0) is 15.5. The molecule has 0 atom stereocenters. The van der Waals surface area contributed by atoms with Crippen LogP contribution in [0.4, 0.5) is 14.9 Å². The predicted octanol–water partition coefficient (Wildman–Crippen LogP) is 3.15. The average Bonchev–Trinajstić information content (AvgIpc) is 2.51. The number of hydrogen-bond acceptors (Lipinski definition) is 2. The molecule has 0 unspecified atom stereocenters. The van der Waals surface area contributed by atoms with Gasteiger partial charge in [-0.25, -0.2) is 9.18 Å². The maximum atomic E-state index is 13.2. The van der Waals surface area contributed by atoms with E-state index in [1.807, 2.05) is 6.92 Å². The van der Waals surface area contributed by atoms with Crippen molar-refractivity contribution < 1.29 is 14.3 Å². The van der Waals surface area contributed by atoms with E-state index in [1.54, 1.807) is 11.0 Å². The summed E-state index contributed by atoms with van der Waals surface area (Å²) in [7, 11) is 0. The molecule has 1 saturated heterocycles. The molecule has 1 aliphatic heterocycles. The molecule has 0 aromatic heterocycles. The van der Waals surface area contributed by atoms with E-state index >= 15 is 0 Å². The molecule has 2 rings (SSSR count). The fourth-order valence-corrected chi connectivity index (χ4v) is 2.73. The van der Waals surface area contributed by atoms with Crippen LogP contribution in [0.2, 0.25) is 0 Å². The highest BCUT2D eigenvalue weighted by Gasteiger charge is 2.33. The van der Waals surface area contributed by atoms with E-state index in [4.69, 9.17) is 0 Å². The number of likely N-dealkylation sites (tertiary alicyclic amines) is 1. The molecule has 5 heteroatoms. The number of hydrogen-bond donors (Lipinski definition) is 2. The number of anilines is 1. The van der Waals surface area contributed by atoms with Crippen LogP contribution in [-0.2, 0) is 0 Å². The van der Waals surface area contributed by atoms with Gasteiger partial charge in [0.15, 0.2) is 0 Å². The Hall–Kier alpha value is -1.62. The van der Waals surface area contributed by atoms with E-state index in [2.05, 4.69) is 12.2 Å². The van der Waals surface area contributed by atoms with E-state index in [-0.39, 0.29) is 23.9 Å². The van der Waals surface area contributed by atoms with Crippen molar-refractivity contribution >= 4 is 11.7 Å². The van der Waals surface area contributed by atoms with E-state index in [9.17, 15) is 14.3 Å². The summed E-state index contributed by atoms with van der Waals surface area (Å²) in [5, 5.41) is 12.3. The van der Waals surface area contributed by atoms with Crippen LogP contribution in [0.15, 0.2) is 18.2 Å². The number of aryl methyl sites for hydroxylation is 1. The van der Waals surface area contributed by atoms with Crippen LogP contribution in [0.3, 0.4) is 0 Å². The Morgan fingerprint density at radius 2 is 2.10 bits per heavy atom. The third-order valence-corrected chi connectivity index (χ3v) is 4.64. The molecule has 4 nitrogen and oxygen atoms in total. The molecule has 2 N–H and O–H groups in total. The fourth-order valence-electron chi connectivity index (χ4n) is 2.73. The van der Waals surface area contributed by atoms with Gasteiger partial charge in [0, 0.05) is 25.4 Å². The van der Waals surface area contributed by atoms with E-state index in [0.29, 0.717) is 18.8 Å². The monoisotopic (exact) mass is 294 g/mol. The first-order valence-corrected chi connectivity index (χ1v) is 7.42. The number of benzene rings is 1. The number of aliphatic hydroxyl groups is 1. The van der Waals surface area contributed by atoms with Crippen LogP contribution in [-0.4, -0.2) is 35.7 Å². The van der Waals surface area contributed by atoms with Crippen molar-refractivity contribution in [2.24, 2.45) is 5.41 Å². The van der Waals surface area contributed by atoms with E-state index < -0.39 is 0 Å². The van der Waals surface area contributed by atoms with Gasteiger partial charge in [-0.15, -0.1) is 0 Å². The Bertz CT molecular complexity index is 505. The number of carbonyl (C=O) groups is 1. The molecule has 1 fully saturated rings. The first-order valence-electron chi connectivity index (χ1n) is 7.42. The summed E-state index contributed by atoms with van der Waals surface area (Å²) in [6, 6.07) is 4.16. The zero-order valence-corrected chi connectivity index (χ0v) is 12.7. The lowest BCUT2D eigenvalue weighted by molar-refractivity contribution is 0.0542. The van der Waals surface area contributed by atoms with Crippen molar-refractivity contribution in [2.75, 3.05) is 25.0 Å². The number of urea groups is 1. The molecular weight excluding hydrogens is 271 g/mol. The smallest absolute Gasteiger partial charge is 0.321 e. The largest absolute Gasteiger partial charge is 0.396 e. The van der Waals surface area contributed by atoms with Crippen molar-refractivity contribution in [1.82, 2.24) is 4.90 Å². The normalized spacial score (nSPS) is 17.6. The minimum atomic E-state index is -0.361. The quantitative estimate of drug-likeness (QED) is 0.899. The molecule has 0 spiro atoms. The lowest BCUT2D eigenvalue weighted by Gasteiger charge is -2.40. The Kier molecular flexibility index (Phi) is 4.83. The first kappa shape index (κ1) is 15.8. The second-order valence-electron chi connectivity index (χ2n) is 5.89. The standard InChI is InChI=1S/C16H23FN2O2/c1-3-16(11-20)6-8-19(9-7-16)15(21)18-14-10-13(17)5-4-12(14)2/h4-5,10,20H,3,6-9,11H2,1-2H3,(H,18,21). The van der Waals surface area contributed by atoms with Gasteiger partial charge in [0.2, 0.25) is 0 Å². The second-order valence-corrected chi connectivity index (χ2v) is 5.89. The molecule has 21 heavy (non-hydrogen) atoms. The number of carbonyl (C=O) groups excluding carboxylic acids is 1. The van der Waals surface area contributed by atoms with Crippen molar-refractivity contribution in [3.63, 3.8) is 0 Å². The molecule has 1 aromatic carbocycles. The molecule has 0 bridgehead atoms. The molecule has 1 heterocycles. The SMILES string of the molecule is CCC1(CO)CCN(C(=O)Nc2cc(F)ccc2C)CC1. The number of aliphatic hydroxyl groups excluding tert-OH is 1. The molecule has 116 valence electrons. The van der Waals surface area contributed by atoms with Crippen LogP contribution in [0.25, 0.3) is 0 Å². The third-order valence-electron chi connectivity index (χ3n) is 4.64. The summed E-state index contributed by atoms with van der Waals surface area (Å²) >= 11 is 0. The Morgan fingerprint density at radius 1 is 1.43 bits per heavy atom. The molecule has 0 aliphatic carbocycles.